The highest BCUT2D eigenvalue weighted by atomic mass is 79.9. The van der Waals surface area contributed by atoms with Gasteiger partial charge in [0.2, 0.25) is 0 Å². The van der Waals surface area contributed by atoms with E-state index in [9.17, 15) is 0 Å². The normalized spacial score (nSPS) is 20.1. The van der Waals surface area contributed by atoms with Crippen LogP contribution in [0.15, 0.2) is 95.5 Å². The fourth-order valence-electron chi connectivity index (χ4n) is 3.81. The molecule has 1 nitrogen and oxygen atoms in total. The van der Waals surface area contributed by atoms with Gasteiger partial charge in [-0.2, -0.15) is 0 Å². The van der Waals surface area contributed by atoms with Gasteiger partial charge in [0.1, 0.15) is 11.9 Å². The zero-order valence-electron chi connectivity index (χ0n) is 14.1. The first kappa shape index (κ1) is 15.7. The molecule has 2 atom stereocenters. The molecule has 1 heterocycles. The second-order valence-corrected chi connectivity index (χ2v) is 7.54. The molecule has 0 amide bonds. The largest absolute Gasteiger partial charge is 0.485 e. The summed E-state index contributed by atoms with van der Waals surface area (Å²) >= 11 is 3.69. The Labute approximate surface area is 161 Å². The van der Waals surface area contributed by atoms with Crippen molar-refractivity contribution in [3.63, 3.8) is 0 Å². The van der Waals surface area contributed by atoms with Crippen LogP contribution in [0.2, 0.25) is 0 Å². The van der Waals surface area contributed by atoms with E-state index in [0.29, 0.717) is 0 Å². The highest BCUT2D eigenvalue weighted by Crippen LogP contribution is 2.46. The van der Waals surface area contributed by atoms with Gasteiger partial charge in [-0.15, -0.1) is 0 Å². The van der Waals surface area contributed by atoms with Gasteiger partial charge >= 0.3 is 0 Å². The third kappa shape index (κ3) is 2.62. The summed E-state index contributed by atoms with van der Waals surface area (Å²) in [5, 5.41) is 0. The van der Waals surface area contributed by atoms with Crippen LogP contribution in [0.4, 0.5) is 0 Å². The lowest BCUT2D eigenvalue weighted by Crippen LogP contribution is -2.17. The molecule has 0 aromatic heterocycles. The molecule has 1 aliphatic heterocycles. The number of rotatable bonds is 2. The Morgan fingerprint density at radius 3 is 2.42 bits per heavy atom. The second-order valence-electron chi connectivity index (χ2n) is 6.69. The van der Waals surface area contributed by atoms with Gasteiger partial charge in [0.25, 0.3) is 0 Å². The average molecular weight is 401 g/mol. The minimum absolute atomic E-state index is 0.0877. The summed E-state index contributed by atoms with van der Waals surface area (Å²) in [6, 6.07) is 25.4. The van der Waals surface area contributed by atoms with E-state index in [1.165, 1.54) is 27.8 Å². The number of allylic oxidation sites excluding steroid dienone is 2. The van der Waals surface area contributed by atoms with Crippen molar-refractivity contribution in [2.24, 2.45) is 0 Å². The van der Waals surface area contributed by atoms with Gasteiger partial charge in [0, 0.05) is 16.0 Å². The summed E-state index contributed by atoms with van der Waals surface area (Å²) in [6.45, 7) is 0. The van der Waals surface area contributed by atoms with Gasteiger partial charge < -0.3 is 4.74 Å². The van der Waals surface area contributed by atoms with E-state index in [4.69, 9.17) is 4.74 Å². The fourth-order valence-corrected chi connectivity index (χ4v) is 4.43. The Hall–Kier alpha value is -2.58. The zero-order valence-corrected chi connectivity index (χ0v) is 15.7. The maximum atomic E-state index is 6.11. The number of benzene rings is 3. The van der Waals surface area contributed by atoms with Crippen LogP contribution in [-0.2, 0) is 0 Å². The molecule has 2 unspecified atom stereocenters. The smallest absolute Gasteiger partial charge is 0.128 e. The third-order valence-electron chi connectivity index (χ3n) is 5.09. The summed E-state index contributed by atoms with van der Waals surface area (Å²) in [6.07, 6.45) is 6.79. The van der Waals surface area contributed by atoms with Crippen molar-refractivity contribution in [2.45, 2.75) is 12.0 Å². The monoisotopic (exact) mass is 400 g/mol. The van der Waals surface area contributed by atoms with Crippen LogP contribution in [0, 0.1) is 0 Å². The molecule has 0 fully saturated rings. The van der Waals surface area contributed by atoms with Crippen LogP contribution in [0.3, 0.4) is 0 Å². The first-order valence-electron chi connectivity index (χ1n) is 8.80. The lowest BCUT2D eigenvalue weighted by Gasteiger charge is -2.19. The number of halogens is 1. The van der Waals surface area contributed by atoms with Crippen LogP contribution in [0.1, 0.15) is 17.0 Å². The summed E-state index contributed by atoms with van der Waals surface area (Å²) in [4.78, 5) is 0. The highest BCUT2D eigenvalue weighted by molar-refractivity contribution is 9.10. The molecule has 26 heavy (non-hydrogen) atoms. The van der Waals surface area contributed by atoms with E-state index in [1.54, 1.807) is 0 Å². The van der Waals surface area contributed by atoms with Gasteiger partial charge in [-0.05, 0) is 46.5 Å². The van der Waals surface area contributed by atoms with Crippen molar-refractivity contribution < 1.29 is 4.74 Å². The van der Waals surface area contributed by atoms with E-state index < -0.39 is 0 Å². The maximum absolute atomic E-state index is 6.11. The summed E-state index contributed by atoms with van der Waals surface area (Å²) < 4.78 is 7.22. The Morgan fingerprint density at radius 1 is 0.769 bits per heavy atom. The Balaban J connectivity index is 1.55. The van der Waals surface area contributed by atoms with E-state index in [-0.39, 0.29) is 12.0 Å². The minimum Gasteiger partial charge on any atom is -0.485 e. The predicted octanol–water partition coefficient (Wildman–Crippen LogP) is 6.61. The van der Waals surface area contributed by atoms with Crippen LogP contribution < -0.4 is 4.74 Å². The number of ether oxygens (including phenoxy) is 1. The molecular weight excluding hydrogens is 384 g/mol. The molecule has 0 saturated heterocycles. The molecular formula is C24H17BrO. The minimum atomic E-state index is 0.0877. The van der Waals surface area contributed by atoms with Crippen molar-refractivity contribution in [3.05, 3.63) is 107 Å². The standard InChI is InChI=1S/C24H17BrO/c25-21-10-5-11-23-24(21)20-15-19(12-13-22(20)26-23)18-9-4-8-17(14-18)16-6-2-1-3-7-16/h1-15,20,22H. The zero-order chi connectivity index (χ0) is 17.5. The molecule has 2 heteroatoms. The summed E-state index contributed by atoms with van der Waals surface area (Å²) in [7, 11) is 0. The Bertz CT molecular complexity index is 1030. The van der Waals surface area contributed by atoms with Crippen molar-refractivity contribution in [1.29, 1.82) is 0 Å². The lowest BCUT2D eigenvalue weighted by molar-refractivity contribution is 0.269. The number of hydrogen-bond acceptors (Lipinski definition) is 1. The van der Waals surface area contributed by atoms with Gasteiger partial charge in [0.05, 0.1) is 0 Å². The van der Waals surface area contributed by atoms with Crippen molar-refractivity contribution in [3.8, 4) is 16.9 Å². The molecule has 0 saturated carbocycles. The molecule has 5 rings (SSSR count). The van der Waals surface area contributed by atoms with E-state index in [1.807, 2.05) is 6.07 Å². The lowest BCUT2D eigenvalue weighted by atomic mass is 9.86. The second kappa shape index (κ2) is 6.30. The molecule has 0 spiro atoms. The molecule has 126 valence electrons. The molecule has 0 bridgehead atoms. The van der Waals surface area contributed by atoms with Gasteiger partial charge in [-0.25, -0.2) is 0 Å². The van der Waals surface area contributed by atoms with Crippen molar-refractivity contribution in [2.75, 3.05) is 0 Å². The van der Waals surface area contributed by atoms with Crippen molar-refractivity contribution >= 4 is 21.5 Å². The third-order valence-corrected chi connectivity index (χ3v) is 5.78. The molecule has 0 N–H and O–H groups in total. The van der Waals surface area contributed by atoms with Crippen LogP contribution in [0.5, 0.6) is 5.75 Å². The summed E-state index contributed by atoms with van der Waals surface area (Å²) in [5.74, 6) is 1.23. The van der Waals surface area contributed by atoms with Gasteiger partial charge in [0.15, 0.2) is 0 Å². The highest BCUT2D eigenvalue weighted by Gasteiger charge is 2.34. The first-order chi connectivity index (χ1) is 12.8. The quantitative estimate of drug-likeness (QED) is 0.469. The van der Waals surface area contributed by atoms with E-state index in [0.717, 1.165) is 10.2 Å². The van der Waals surface area contributed by atoms with Gasteiger partial charge in [-0.3, -0.25) is 0 Å². The van der Waals surface area contributed by atoms with Crippen LogP contribution >= 0.6 is 15.9 Å². The Morgan fingerprint density at radius 2 is 1.54 bits per heavy atom. The van der Waals surface area contributed by atoms with Crippen LogP contribution in [0.25, 0.3) is 16.7 Å². The molecule has 2 aliphatic rings. The van der Waals surface area contributed by atoms with Gasteiger partial charge in [-0.1, -0.05) is 82.7 Å². The van der Waals surface area contributed by atoms with Crippen molar-refractivity contribution in [1.82, 2.24) is 0 Å². The summed E-state index contributed by atoms with van der Waals surface area (Å²) in [5.41, 5.74) is 6.21. The molecule has 0 radical (unpaired) electrons. The van der Waals surface area contributed by atoms with E-state index >= 15 is 0 Å². The predicted molar refractivity (Wildman–Crippen MR) is 110 cm³/mol. The molecule has 3 aromatic rings. The average Bonchev–Trinajstić information content (AvgIpc) is 3.08. The SMILES string of the molecule is Brc1cccc2c1C1C=C(c3cccc(-c4ccccc4)c3)C=CC1O2. The fraction of sp³-hybridized carbons (Fsp3) is 0.0833. The first-order valence-corrected chi connectivity index (χ1v) is 9.60. The van der Waals surface area contributed by atoms with E-state index in [2.05, 4.69) is 101 Å². The number of fused-ring (bicyclic) bond motifs is 3. The topological polar surface area (TPSA) is 9.23 Å². The maximum Gasteiger partial charge on any atom is 0.128 e. The molecule has 1 aliphatic carbocycles. The molecule has 3 aromatic carbocycles. The number of hydrogen-bond donors (Lipinski definition) is 0. The van der Waals surface area contributed by atoms with Crippen LogP contribution in [-0.4, -0.2) is 6.10 Å². The Kier molecular flexibility index (Phi) is 3.79.